The van der Waals surface area contributed by atoms with Crippen molar-refractivity contribution < 1.29 is 47.9 Å². The zero-order chi connectivity index (χ0) is 37.4. The van der Waals surface area contributed by atoms with Gasteiger partial charge in [0.1, 0.15) is 6.61 Å². The van der Waals surface area contributed by atoms with Crippen LogP contribution in [0.15, 0.2) is 81.7 Å². The molecule has 0 aliphatic carbocycles. The van der Waals surface area contributed by atoms with Crippen molar-refractivity contribution in [2.75, 3.05) is 33.5 Å². The Morgan fingerprint density at radius 2 is 1.54 bits per heavy atom. The molecule has 1 N–H and O–H groups in total. The summed E-state index contributed by atoms with van der Waals surface area (Å²) in [7, 11) is 1.26. The molecule has 14 heteroatoms. The second-order valence-corrected chi connectivity index (χ2v) is 12.2. The van der Waals surface area contributed by atoms with Crippen molar-refractivity contribution in [2.45, 2.75) is 40.3 Å². The van der Waals surface area contributed by atoms with Gasteiger partial charge >= 0.3 is 17.9 Å². The van der Waals surface area contributed by atoms with Gasteiger partial charge in [-0.1, -0.05) is 35.6 Å². The van der Waals surface area contributed by atoms with E-state index in [1.54, 1.807) is 75.4 Å². The third-order valence-electron chi connectivity index (χ3n) is 7.83. The first kappa shape index (κ1) is 37.4. The van der Waals surface area contributed by atoms with Crippen LogP contribution < -0.4 is 33.8 Å². The van der Waals surface area contributed by atoms with Gasteiger partial charge in [-0.25, -0.2) is 19.4 Å². The number of aromatic nitrogens is 1. The molecule has 3 aromatic carbocycles. The van der Waals surface area contributed by atoms with Crippen LogP contribution in [0.3, 0.4) is 0 Å². The molecule has 0 amide bonds. The van der Waals surface area contributed by atoms with Crippen LogP contribution in [-0.4, -0.2) is 61.1 Å². The summed E-state index contributed by atoms with van der Waals surface area (Å²) in [4.78, 5) is 55.6. The van der Waals surface area contributed by atoms with Crippen LogP contribution in [0.25, 0.3) is 6.08 Å². The van der Waals surface area contributed by atoms with Gasteiger partial charge in [0.05, 0.1) is 54.3 Å². The van der Waals surface area contributed by atoms with E-state index in [0.717, 1.165) is 5.56 Å². The number of nitrogens with zero attached hydrogens (tertiary/aromatic N) is 2. The van der Waals surface area contributed by atoms with Gasteiger partial charge in [0, 0.05) is 0 Å². The molecule has 2 heterocycles. The average molecular weight is 731 g/mol. The number of carboxylic acid groups (broad SMARTS) is 1. The molecular weight excluding hydrogens is 692 g/mol. The summed E-state index contributed by atoms with van der Waals surface area (Å²) >= 11 is 1.17. The van der Waals surface area contributed by atoms with Gasteiger partial charge in [0.2, 0.25) is 0 Å². The molecule has 0 saturated heterocycles. The lowest BCUT2D eigenvalue weighted by molar-refractivity contribution is -0.143. The molecule has 0 spiro atoms. The van der Waals surface area contributed by atoms with Crippen molar-refractivity contribution in [3.63, 3.8) is 0 Å². The second kappa shape index (κ2) is 16.9. The van der Waals surface area contributed by atoms with E-state index in [1.807, 2.05) is 6.92 Å². The highest BCUT2D eigenvalue weighted by Gasteiger charge is 2.34. The van der Waals surface area contributed by atoms with E-state index in [0.29, 0.717) is 50.0 Å². The van der Waals surface area contributed by atoms with Crippen molar-refractivity contribution in [3.8, 4) is 23.0 Å². The normalized spacial score (nSPS) is 13.9. The number of allylic oxidation sites excluding steroid dienone is 1. The minimum Gasteiger partial charge on any atom is -0.490 e. The van der Waals surface area contributed by atoms with Crippen LogP contribution in [0.5, 0.6) is 23.0 Å². The highest BCUT2D eigenvalue weighted by Crippen LogP contribution is 2.36. The van der Waals surface area contributed by atoms with Gasteiger partial charge in [0.25, 0.3) is 5.56 Å². The predicted octanol–water partition coefficient (Wildman–Crippen LogP) is 4.42. The lowest BCUT2D eigenvalue weighted by atomic mass is 9.95. The largest absolute Gasteiger partial charge is 0.490 e. The fourth-order valence-corrected chi connectivity index (χ4v) is 6.49. The molecule has 1 atom stereocenters. The third-order valence-corrected chi connectivity index (χ3v) is 8.82. The Morgan fingerprint density at radius 1 is 0.865 bits per heavy atom. The van der Waals surface area contributed by atoms with Gasteiger partial charge < -0.3 is 33.5 Å². The lowest BCUT2D eigenvalue weighted by Crippen LogP contribution is -2.40. The highest BCUT2D eigenvalue weighted by molar-refractivity contribution is 7.07. The fourth-order valence-electron chi connectivity index (χ4n) is 5.44. The number of hydrogen-bond acceptors (Lipinski definition) is 12. The summed E-state index contributed by atoms with van der Waals surface area (Å²) in [5, 5.41) is 9.16. The lowest BCUT2D eigenvalue weighted by Gasteiger charge is -2.25. The first-order chi connectivity index (χ1) is 25.1. The number of aromatic carboxylic acids is 1. The molecule has 1 aromatic heterocycles. The number of carbonyl (C=O) groups is 3. The van der Waals surface area contributed by atoms with Gasteiger partial charge in [0.15, 0.2) is 34.4 Å². The van der Waals surface area contributed by atoms with E-state index in [-0.39, 0.29) is 48.9 Å². The first-order valence-electron chi connectivity index (χ1n) is 16.5. The van der Waals surface area contributed by atoms with Gasteiger partial charge in [-0.15, -0.1) is 0 Å². The Bertz CT molecular complexity index is 2190. The Labute approximate surface area is 303 Å². The van der Waals surface area contributed by atoms with E-state index < -0.39 is 23.9 Å². The number of carboxylic acids is 1. The topological polar surface area (TPSA) is 161 Å². The molecule has 1 aliphatic rings. The molecule has 5 rings (SSSR count). The zero-order valence-electron chi connectivity index (χ0n) is 29.3. The second-order valence-electron chi connectivity index (χ2n) is 11.2. The maximum absolute atomic E-state index is 14.2. The third kappa shape index (κ3) is 8.35. The maximum Gasteiger partial charge on any atom is 0.343 e. The number of rotatable bonds is 15. The van der Waals surface area contributed by atoms with Gasteiger partial charge in [-0.05, 0) is 86.9 Å². The smallest absolute Gasteiger partial charge is 0.343 e. The van der Waals surface area contributed by atoms with Crippen LogP contribution in [0.2, 0.25) is 0 Å². The Kier molecular flexibility index (Phi) is 12.1. The standard InChI is InChI=1S/C38H38N2O11S/c1-6-47-29-17-24(11-15-27(29)50-20-23-9-12-25(13-10-23)36(43)44)18-31-35(42)40-34(33(37(45)49-8-3)22(4)39-38(40)52-31)26-14-16-28(30(19-26)48-7-2)51-21-32(41)46-5/h9-19,34H,6-8,20-21H2,1-5H3,(H,43,44)/b31-18-/t34-/m0/s1. The number of ether oxygens (including phenoxy) is 6. The van der Waals surface area contributed by atoms with Crippen LogP contribution in [0.4, 0.5) is 0 Å². The minimum atomic E-state index is -1.01. The zero-order valence-corrected chi connectivity index (χ0v) is 30.1. The van der Waals surface area contributed by atoms with Crippen molar-refractivity contribution in [1.29, 1.82) is 0 Å². The summed E-state index contributed by atoms with van der Waals surface area (Å²) in [5.41, 5.74) is 2.38. The monoisotopic (exact) mass is 730 g/mol. The summed E-state index contributed by atoms with van der Waals surface area (Å²) in [6.45, 7) is 7.65. The van der Waals surface area contributed by atoms with E-state index in [4.69, 9.17) is 28.8 Å². The Morgan fingerprint density at radius 3 is 2.19 bits per heavy atom. The number of methoxy groups -OCH3 is 1. The number of hydrogen-bond donors (Lipinski definition) is 1. The molecule has 0 saturated carbocycles. The van der Waals surface area contributed by atoms with Crippen LogP contribution in [0, 0.1) is 0 Å². The molecule has 52 heavy (non-hydrogen) atoms. The van der Waals surface area contributed by atoms with Crippen LogP contribution in [-0.2, 0) is 25.7 Å². The van der Waals surface area contributed by atoms with Gasteiger partial charge in [-0.3, -0.25) is 9.36 Å². The Hall–Kier alpha value is -5.89. The molecule has 272 valence electrons. The molecule has 1 aliphatic heterocycles. The molecular formula is C38H38N2O11S. The van der Waals surface area contributed by atoms with Crippen molar-refractivity contribution in [1.82, 2.24) is 4.57 Å². The van der Waals surface area contributed by atoms with Crippen LogP contribution in [0.1, 0.15) is 60.8 Å². The minimum absolute atomic E-state index is 0.121. The van der Waals surface area contributed by atoms with E-state index in [9.17, 15) is 19.2 Å². The molecule has 0 unspecified atom stereocenters. The van der Waals surface area contributed by atoms with Gasteiger partial charge in [-0.2, -0.15) is 0 Å². The number of carbonyl (C=O) groups excluding carboxylic acids is 2. The van der Waals surface area contributed by atoms with Crippen molar-refractivity contribution in [3.05, 3.63) is 114 Å². The van der Waals surface area contributed by atoms with E-state index in [1.165, 1.54) is 35.1 Å². The van der Waals surface area contributed by atoms with Crippen molar-refractivity contribution >= 4 is 35.3 Å². The quantitative estimate of drug-likeness (QED) is 0.172. The van der Waals surface area contributed by atoms with E-state index >= 15 is 0 Å². The SMILES string of the molecule is CCOC(=O)C1=C(C)N=c2s/c(=C\c3ccc(OCc4ccc(C(=O)O)cc4)c(OCC)c3)c(=O)n2[C@H]1c1ccc(OCC(=O)OC)c(OCC)c1. The molecule has 0 fully saturated rings. The molecule has 4 aromatic rings. The molecule has 13 nitrogen and oxygen atoms in total. The van der Waals surface area contributed by atoms with Crippen molar-refractivity contribution in [2.24, 2.45) is 4.99 Å². The number of benzene rings is 3. The first-order valence-corrected chi connectivity index (χ1v) is 17.3. The number of thiazole rings is 1. The fraction of sp³-hybridized carbons (Fsp3) is 0.289. The predicted molar refractivity (Wildman–Crippen MR) is 191 cm³/mol. The Balaban J connectivity index is 1.54. The summed E-state index contributed by atoms with van der Waals surface area (Å²) < 4.78 is 35.3. The molecule has 0 bridgehead atoms. The summed E-state index contributed by atoms with van der Waals surface area (Å²) in [6.07, 6.45) is 1.72. The number of esters is 2. The highest BCUT2D eigenvalue weighted by atomic mass is 32.1. The average Bonchev–Trinajstić information content (AvgIpc) is 3.43. The van der Waals surface area contributed by atoms with Crippen LogP contribution >= 0.6 is 11.3 Å². The number of fused-ring (bicyclic) bond motifs is 1. The van der Waals surface area contributed by atoms with E-state index in [2.05, 4.69) is 9.73 Å². The maximum atomic E-state index is 14.2. The summed E-state index contributed by atoms with van der Waals surface area (Å²) in [6, 6.07) is 15.8. The molecule has 0 radical (unpaired) electrons. The summed E-state index contributed by atoms with van der Waals surface area (Å²) in [5.74, 6) is -0.650.